The number of benzene rings is 1. The van der Waals surface area contributed by atoms with Crippen molar-refractivity contribution in [1.82, 2.24) is 0 Å². The van der Waals surface area contributed by atoms with Gasteiger partial charge in [-0.15, -0.1) is 0 Å². The van der Waals surface area contributed by atoms with Crippen LogP contribution in [0.15, 0.2) is 33.0 Å². The molecule has 1 aromatic carbocycles. The summed E-state index contributed by atoms with van der Waals surface area (Å²) in [6.07, 6.45) is 1.32. The molecule has 68 valence electrons. The first-order chi connectivity index (χ1) is 6.31. The molecule has 2 nitrogen and oxygen atoms in total. The summed E-state index contributed by atoms with van der Waals surface area (Å²) in [5.74, 6) is 0. The minimum absolute atomic E-state index is 0.0542. The summed E-state index contributed by atoms with van der Waals surface area (Å²) in [5.41, 5.74) is 0.257. The predicted molar refractivity (Wildman–Crippen MR) is 48.2 cm³/mol. The van der Waals surface area contributed by atoms with Crippen molar-refractivity contribution < 1.29 is 12.6 Å². The maximum atomic E-state index is 12.2. The van der Waals surface area contributed by atoms with E-state index in [0.717, 1.165) is 0 Å². The van der Waals surface area contributed by atoms with Crippen molar-refractivity contribution in [3.63, 3.8) is 0 Å². The van der Waals surface area contributed by atoms with Gasteiger partial charge in [-0.2, -0.15) is 12.8 Å². The normalized spacial score (nSPS) is 9.38. The van der Waals surface area contributed by atoms with Crippen LogP contribution in [0.2, 0.25) is 0 Å². The highest BCUT2D eigenvalue weighted by atomic mass is 32.2. The second-order valence-electron chi connectivity index (χ2n) is 1.99. The molecule has 0 saturated heterocycles. The maximum Gasteiger partial charge on any atom is 0.240 e. The van der Waals surface area contributed by atoms with Gasteiger partial charge in [0.1, 0.15) is 0 Å². The van der Waals surface area contributed by atoms with E-state index in [-0.39, 0.29) is 39.8 Å². The highest BCUT2D eigenvalue weighted by Gasteiger charge is 2.05. The molecule has 0 N–H and O–H groups in total. The van der Waals surface area contributed by atoms with E-state index in [0.29, 0.717) is 0 Å². The van der Waals surface area contributed by atoms with E-state index >= 15 is 0 Å². The van der Waals surface area contributed by atoms with E-state index < -0.39 is 0 Å². The fraction of sp³-hybridized carbons (Fsp3) is 0. The van der Waals surface area contributed by atoms with Crippen molar-refractivity contribution in [2.45, 2.75) is 9.79 Å². The summed E-state index contributed by atoms with van der Waals surface area (Å²) in [5, 5.41) is 0. The number of carbonyl (C=O) groups excluding carboxylic acids is 1. The van der Waals surface area contributed by atoms with Crippen molar-refractivity contribution in [1.29, 1.82) is 0 Å². The lowest BCUT2D eigenvalue weighted by atomic mass is 10.3. The van der Waals surface area contributed by atoms with Crippen molar-refractivity contribution >= 4 is 36.1 Å². The lowest BCUT2D eigenvalue weighted by molar-refractivity contribution is 0.565. The number of isocyanates is 1. The Morgan fingerprint density at radius 1 is 1.23 bits per heavy atom. The summed E-state index contributed by atoms with van der Waals surface area (Å²) in [6.45, 7) is 0. The fourth-order valence-corrected chi connectivity index (χ4v) is 1.50. The third-order valence-corrected chi connectivity index (χ3v) is 2.42. The summed E-state index contributed by atoms with van der Waals surface area (Å²) in [4.78, 5) is 13.4. The van der Waals surface area contributed by atoms with Crippen LogP contribution in [-0.4, -0.2) is 6.08 Å². The van der Waals surface area contributed by atoms with Crippen LogP contribution in [0.25, 0.3) is 0 Å². The van der Waals surface area contributed by atoms with Crippen LogP contribution in [0.3, 0.4) is 0 Å². The van der Waals surface area contributed by atoms with Gasteiger partial charge < -0.3 is 0 Å². The number of nitrogens with zero attached hydrogens (tertiary/aromatic N) is 1. The van der Waals surface area contributed by atoms with E-state index in [2.05, 4.69) is 4.99 Å². The molecule has 0 amide bonds. The van der Waals surface area contributed by atoms with Gasteiger partial charge in [-0.3, -0.25) is 0 Å². The number of hydrogen-bond donors (Lipinski definition) is 0. The fourth-order valence-electron chi connectivity index (χ4n) is 0.743. The maximum absolute atomic E-state index is 12.2. The molecule has 0 heterocycles. The average molecular weight is 219 g/mol. The molecular formula is C7H3F2NOS2. The topological polar surface area (TPSA) is 29.4 Å². The monoisotopic (exact) mass is 219 g/mol. The Morgan fingerprint density at radius 2 is 1.92 bits per heavy atom. The van der Waals surface area contributed by atoms with Crippen molar-refractivity contribution in [3.8, 4) is 0 Å². The zero-order valence-electron chi connectivity index (χ0n) is 6.16. The van der Waals surface area contributed by atoms with Gasteiger partial charge in [0.15, 0.2) is 0 Å². The predicted octanol–water partition coefficient (Wildman–Crippen LogP) is 3.61. The molecule has 1 rings (SSSR count). The first-order valence-corrected chi connectivity index (χ1v) is 4.54. The molecule has 0 atom stereocenters. The molecule has 0 fully saturated rings. The van der Waals surface area contributed by atoms with Crippen LogP contribution in [0.5, 0.6) is 0 Å². The molecule has 0 aliphatic carbocycles. The van der Waals surface area contributed by atoms with Crippen molar-refractivity contribution in [2.24, 2.45) is 4.99 Å². The first kappa shape index (κ1) is 10.2. The molecule has 0 unspecified atom stereocenters. The van der Waals surface area contributed by atoms with Crippen LogP contribution in [0.1, 0.15) is 0 Å². The standard InChI is InChI=1S/C7H3F2NOS2/c8-12-6-2-1-5(10-4-11)3-7(6)13-9/h1-3H. The molecule has 0 saturated carbocycles. The van der Waals surface area contributed by atoms with E-state index in [9.17, 15) is 12.6 Å². The summed E-state index contributed by atoms with van der Waals surface area (Å²) < 4.78 is 24.3. The van der Waals surface area contributed by atoms with Gasteiger partial charge in [-0.05, 0) is 18.2 Å². The SMILES string of the molecule is O=C=Nc1ccc(SF)c(SF)c1. The molecule has 0 bridgehead atoms. The van der Waals surface area contributed by atoms with Gasteiger partial charge in [0.2, 0.25) is 6.08 Å². The Morgan fingerprint density at radius 3 is 2.46 bits per heavy atom. The Bertz CT molecular complexity index is 352. The summed E-state index contributed by atoms with van der Waals surface area (Å²) in [7, 11) is 0. The highest BCUT2D eigenvalue weighted by Crippen LogP contribution is 2.34. The average Bonchev–Trinajstić information content (AvgIpc) is 2.18. The van der Waals surface area contributed by atoms with Crippen LogP contribution < -0.4 is 0 Å². The molecule has 0 spiro atoms. The van der Waals surface area contributed by atoms with Crippen molar-refractivity contribution in [2.75, 3.05) is 0 Å². The molecule has 0 aliphatic rings. The number of aliphatic imine (C=N–C) groups is 1. The molecule has 6 heteroatoms. The summed E-state index contributed by atoms with van der Waals surface area (Å²) in [6, 6.07) is 4.03. The number of hydrogen-bond acceptors (Lipinski definition) is 4. The van der Waals surface area contributed by atoms with Gasteiger partial charge in [0.25, 0.3) is 0 Å². The van der Waals surface area contributed by atoms with Gasteiger partial charge in [0, 0.05) is 0 Å². The molecular weight excluding hydrogens is 216 g/mol. The molecule has 0 radical (unpaired) electrons. The second kappa shape index (κ2) is 5.01. The smallest absolute Gasteiger partial charge is 0.211 e. The minimum Gasteiger partial charge on any atom is -0.211 e. The molecule has 0 aromatic heterocycles. The van der Waals surface area contributed by atoms with Gasteiger partial charge >= 0.3 is 0 Å². The number of halogens is 2. The van der Waals surface area contributed by atoms with Gasteiger partial charge in [0.05, 0.1) is 39.8 Å². The van der Waals surface area contributed by atoms with E-state index in [1.807, 2.05) is 0 Å². The van der Waals surface area contributed by atoms with Crippen LogP contribution >= 0.6 is 24.3 Å². The largest absolute Gasteiger partial charge is 0.240 e. The summed E-state index contributed by atoms with van der Waals surface area (Å²) >= 11 is -0.145. The minimum atomic E-state index is -0.0906. The van der Waals surface area contributed by atoms with Gasteiger partial charge in [-0.1, -0.05) is 0 Å². The Kier molecular flexibility index (Phi) is 3.95. The zero-order valence-corrected chi connectivity index (χ0v) is 7.79. The van der Waals surface area contributed by atoms with Gasteiger partial charge in [-0.25, -0.2) is 4.79 Å². The lowest BCUT2D eigenvalue weighted by Gasteiger charge is -1.99. The Hall–Kier alpha value is -0.840. The van der Waals surface area contributed by atoms with Crippen LogP contribution in [0.4, 0.5) is 13.5 Å². The first-order valence-electron chi connectivity index (χ1n) is 3.11. The van der Waals surface area contributed by atoms with E-state index in [1.54, 1.807) is 0 Å². The lowest BCUT2D eigenvalue weighted by Crippen LogP contribution is -1.73. The molecule has 13 heavy (non-hydrogen) atoms. The third-order valence-electron chi connectivity index (χ3n) is 1.27. The van der Waals surface area contributed by atoms with Crippen LogP contribution in [0, 0.1) is 0 Å². The molecule has 1 aromatic rings. The third kappa shape index (κ3) is 2.55. The Balaban J connectivity index is 3.12. The van der Waals surface area contributed by atoms with E-state index in [4.69, 9.17) is 0 Å². The molecule has 0 aliphatic heterocycles. The quantitative estimate of drug-likeness (QED) is 0.574. The van der Waals surface area contributed by atoms with Crippen molar-refractivity contribution in [3.05, 3.63) is 18.2 Å². The van der Waals surface area contributed by atoms with E-state index in [1.165, 1.54) is 24.3 Å². The zero-order chi connectivity index (χ0) is 9.68. The van der Waals surface area contributed by atoms with Crippen LogP contribution in [-0.2, 0) is 4.79 Å². The second-order valence-corrected chi connectivity index (χ2v) is 3.18. The Labute approximate surface area is 82.0 Å². The number of rotatable bonds is 3. The highest BCUT2D eigenvalue weighted by molar-refractivity contribution is 7.97.